The molecule has 1 aromatic heterocycles. The number of benzene rings is 1. The Kier molecular flexibility index (Phi) is 4.44. The first-order valence-corrected chi connectivity index (χ1v) is 8.61. The smallest absolute Gasteiger partial charge is 0.254 e. The summed E-state index contributed by atoms with van der Waals surface area (Å²) < 4.78 is 5.69. The number of fused-ring (bicyclic) bond motifs is 1. The second-order valence-corrected chi connectivity index (χ2v) is 6.28. The summed E-state index contributed by atoms with van der Waals surface area (Å²) in [5, 5.41) is 12.9. The van der Waals surface area contributed by atoms with Crippen molar-refractivity contribution in [3.8, 4) is 5.75 Å². The van der Waals surface area contributed by atoms with Gasteiger partial charge >= 0.3 is 0 Å². The van der Waals surface area contributed by atoms with Gasteiger partial charge in [0.25, 0.3) is 5.91 Å². The zero-order valence-electron chi connectivity index (χ0n) is 14.2. The molecule has 26 heavy (non-hydrogen) atoms. The first-order valence-electron chi connectivity index (χ1n) is 8.61. The standard InChI is InChI=1S/C17H21N7O2/c18-15(25)12-9-21-17(24-16(12)22-11-7-19-8-11)23-10-2-3-14-13(6-10)20-4-1-5-26-14/h2-3,6,9,11,19-20H,1,4-5,7-8H2,(H2,18,25)(H2,21,22,23,24). The average molecular weight is 355 g/mol. The molecule has 3 heterocycles. The fourth-order valence-corrected chi connectivity index (χ4v) is 2.79. The number of amides is 1. The molecule has 2 aromatic rings. The topological polar surface area (TPSA) is 126 Å². The van der Waals surface area contributed by atoms with Gasteiger partial charge in [-0.3, -0.25) is 4.79 Å². The van der Waals surface area contributed by atoms with Crippen molar-refractivity contribution in [2.75, 3.05) is 42.2 Å². The summed E-state index contributed by atoms with van der Waals surface area (Å²) >= 11 is 0. The molecule has 0 unspecified atom stereocenters. The van der Waals surface area contributed by atoms with Gasteiger partial charge in [-0.1, -0.05) is 0 Å². The van der Waals surface area contributed by atoms with E-state index in [1.165, 1.54) is 6.20 Å². The number of primary amides is 1. The number of carbonyl (C=O) groups excluding carboxylic acids is 1. The molecular formula is C17H21N7O2. The van der Waals surface area contributed by atoms with Crippen molar-refractivity contribution in [2.24, 2.45) is 5.73 Å². The van der Waals surface area contributed by atoms with Crippen LogP contribution in [0.1, 0.15) is 16.8 Å². The fourth-order valence-electron chi connectivity index (χ4n) is 2.79. The first-order chi connectivity index (χ1) is 12.7. The van der Waals surface area contributed by atoms with E-state index in [9.17, 15) is 4.79 Å². The molecule has 0 atom stereocenters. The van der Waals surface area contributed by atoms with Gasteiger partial charge in [0.1, 0.15) is 11.6 Å². The van der Waals surface area contributed by atoms with Crippen LogP contribution >= 0.6 is 0 Å². The van der Waals surface area contributed by atoms with Crippen molar-refractivity contribution in [1.82, 2.24) is 15.3 Å². The number of carbonyl (C=O) groups is 1. The van der Waals surface area contributed by atoms with E-state index in [0.717, 1.165) is 43.2 Å². The van der Waals surface area contributed by atoms with E-state index in [4.69, 9.17) is 10.5 Å². The summed E-state index contributed by atoms with van der Waals surface area (Å²) in [6, 6.07) is 5.99. The number of aromatic nitrogens is 2. The van der Waals surface area contributed by atoms with Crippen molar-refractivity contribution in [3.05, 3.63) is 30.0 Å². The van der Waals surface area contributed by atoms with Crippen molar-refractivity contribution in [1.29, 1.82) is 0 Å². The number of anilines is 4. The van der Waals surface area contributed by atoms with Crippen LogP contribution in [0, 0.1) is 0 Å². The lowest BCUT2D eigenvalue weighted by molar-refractivity contribution is 0.100. The lowest BCUT2D eigenvalue weighted by Gasteiger charge is -2.29. The highest BCUT2D eigenvalue weighted by Gasteiger charge is 2.20. The van der Waals surface area contributed by atoms with Crippen molar-refractivity contribution < 1.29 is 9.53 Å². The number of rotatable bonds is 5. The van der Waals surface area contributed by atoms with Crippen LogP contribution in [0.4, 0.5) is 23.1 Å². The van der Waals surface area contributed by atoms with E-state index in [1.54, 1.807) is 0 Å². The molecule has 6 N–H and O–H groups in total. The summed E-state index contributed by atoms with van der Waals surface area (Å²) in [6.07, 6.45) is 2.40. The summed E-state index contributed by atoms with van der Waals surface area (Å²) in [4.78, 5) is 20.3. The largest absolute Gasteiger partial charge is 0.491 e. The van der Waals surface area contributed by atoms with Crippen LogP contribution in [0.2, 0.25) is 0 Å². The molecule has 0 bridgehead atoms. The Bertz CT molecular complexity index is 823. The molecule has 0 aliphatic carbocycles. The second kappa shape index (κ2) is 7.04. The van der Waals surface area contributed by atoms with Crippen LogP contribution in [0.15, 0.2) is 24.4 Å². The van der Waals surface area contributed by atoms with Gasteiger partial charge in [0.15, 0.2) is 0 Å². The molecule has 0 spiro atoms. The van der Waals surface area contributed by atoms with Gasteiger partial charge < -0.3 is 31.7 Å². The zero-order valence-corrected chi connectivity index (χ0v) is 14.2. The molecule has 1 fully saturated rings. The first kappa shape index (κ1) is 16.4. The SMILES string of the molecule is NC(=O)c1cnc(Nc2ccc3c(c2)NCCCO3)nc1NC1CNC1. The van der Waals surface area contributed by atoms with Gasteiger partial charge in [0.2, 0.25) is 5.95 Å². The molecule has 1 amide bonds. The lowest BCUT2D eigenvalue weighted by Crippen LogP contribution is -2.51. The minimum Gasteiger partial charge on any atom is -0.491 e. The highest BCUT2D eigenvalue weighted by molar-refractivity contribution is 5.97. The third-order valence-corrected chi connectivity index (χ3v) is 4.31. The number of nitrogens with one attached hydrogen (secondary N) is 4. The van der Waals surface area contributed by atoms with Gasteiger partial charge in [-0.15, -0.1) is 0 Å². The number of hydrogen-bond acceptors (Lipinski definition) is 8. The van der Waals surface area contributed by atoms with Crippen LogP contribution in [-0.2, 0) is 0 Å². The summed E-state index contributed by atoms with van der Waals surface area (Å²) in [7, 11) is 0. The van der Waals surface area contributed by atoms with Crippen molar-refractivity contribution >= 4 is 29.0 Å². The molecule has 136 valence electrons. The van der Waals surface area contributed by atoms with Crippen LogP contribution in [0.5, 0.6) is 5.75 Å². The molecule has 0 saturated carbocycles. The van der Waals surface area contributed by atoms with Crippen LogP contribution in [0.3, 0.4) is 0 Å². The van der Waals surface area contributed by atoms with E-state index >= 15 is 0 Å². The molecular weight excluding hydrogens is 334 g/mol. The highest BCUT2D eigenvalue weighted by atomic mass is 16.5. The van der Waals surface area contributed by atoms with Crippen molar-refractivity contribution in [3.63, 3.8) is 0 Å². The molecule has 0 radical (unpaired) electrons. The van der Waals surface area contributed by atoms with Gasteiger partial charge in [-0.25, -0.2) is 4.98 Å². The second-order valence-electron chi connectivity index (χ2n) is 6.28. The minimum atomic E-state index is -0.558. The van der Waals surface area contributed by atoms with E-state index < -0.39 is 5.91 Å². The van der Waals surface area contributed by atoms with Crippen molar-refractivity contribution in [2.45, 2.75) is 12.5 Å². The molecule has 1 aromatic carbocycles. The Morgan fingerprint density at radius 3 is 3.00 bits per heavy atom. The Balaban J connectivity index is 1.56. The van der Waals surface area contributed by atoms with Crippen LogP contribution in [0.25, 0.3) is 0 Å². The maximum absolute atomic E-state index is 11.6. The Labute approximate surface area is 150 Å². The third kappa shape index (κ3) is 3.47. The molecule has 1 saturated heterocycles. The van der Waals surface area contributed by atoms with E-state index in [0.29, 0.717) is 18.4 Å². The third-order valence-electron chi connectivity index (χ3n) is 4.31. The predicted molar refractivity (Wildman–Crippen MR) is 99.2 cm³/mol. The quantitative estimate of drug-likeness (QED) is 0.535. The number of hydrogen-bond donors (Lipinski definition) is 5. The predicted octanol–water partition coefficient (Wildman–Crippen LogP) is 0.897. The summed E-state index contributed by atoms with van der Waals surface area (Å²) in [5.41, 5.74) is 7.46. The van der Waals surface area contributed by atoms with Gasteiger partial charge in [0, 0.05) is 31.5 Å². The molecule has 9 nitrogen and oxygen atoms in total. The average Bonchev–Trinajstić information content (AvgIpc) is 2.83. The molecule has 2 aliphatic rings. The maximum atomic E-state index is 11.6. The van der Waals surface area contributed by atoms with E-state index in [1.807, 2.05) is 18.2 Å². The van der Waals surface area contributed by atoms with Gasteiger partial charge in [-0.05, 0) is 24.6 Å². The van der Waals surface area contributed by atoms with E-state index in [-0.39, 0.29) is 11.6 Å². The van der Waals surface area contributed by atoms with E-state index in [2.05, 4.69) is 31.2 Å². The van der Waals surface area contributed by atoms with Gasteiger partial charge in [0.05, 0.1) is 23.9 Å². The number of ether oxygens (including phenoxy) is 1. The lowest BCUT2D eigenvalue weighted by atomic mass is 10.1. The normalized spacial score (nSPS) is 16.3. The summed E-state index contributed by atoms with van der Waals surface area (Å²) in [5.74, 6) is 1.10. The van der Waals surface area contributed by atoms with Crippen LogP contribution in [-0.4, -0.2) is 48.2 Å². The Hall–Kier alpha value is -3.07. The zero-order chi connectivity index (χ0) is 17.9. The summed E-state index contributed by atoms with van der Waals surface area (Å²) in [6.45, 7) is 3.21. The maximum Gasteiger partial charge on any atom is 0.254 e. The fraction of sp³-hybridized carbons (Fsp3) is 0.353. The highest BCUT2D eigenvalue weighted by Crippen LogP contribution is 2.30. The van der Waals surface area contributed by atoms with Gasteiger partial charge in [-0.2, -0.15) is 4.98 Å². The monoisotopic (exact) mass is 355 g/mol. The molecule has 2 aliphatic heterocycles. The number of nitrogens with two attached hydrogens (primary N) is 1. The minimum absolute atomic E-state index is 0.227. The Morgan fingerprint density at radius 1 is 1.35 bits per heavy atom. The van der Waals surface area contributed by atoms with Crippen LogP contribution < -0.4 is 31.7 Å². The Morgan fingerprint density at radius 2 is 2.23 bits per heavy atom. The molecule has 9 heteroatoms. The number of nitrogens with zero attached hydrogens (tertiary/aromatic N) is 2. The molecule has 4 rings (SSSR count).